The van der Waals surface area contributed by atoms with E-state index in [1.165, 1.54) is 5.56 Å². The number of benzene rings is 1. The summed E-state index contributed by atoms with van der Waals surface area (Å²) in [5.41, 5.74) is 7.27. The lowest BCUT2D eigenvalue weighted by Gasteiger charge is -2.32. The molecule has 0 bridgehead atoms. The van der Waals surface area contributed by atoms with Crippen LogP contribution in [0.2, 0.25) is 0 Å². The molecule has 0 aromatic heterocycles. The fourth-order valence-corrected chi connectivity index (χ4v) is 2.82. The Bertz CT molecular complexity index is 382. The van der Waals surface area contributed by atoms with Crippen LogP contribution < -0.4 is 5.73 Å². The number of hydrogen-bond donors (Lipinski definition) is 2. The van der Waals surface area contributed by atoms with Gasteiger partial charge in [-0.25, -0.2) is 0 Å². The van der Waals surface area contributed by atoms with Crippen LogP contribution in [0.25, 0.3) is 0 Å². The molecule has 3 heteroatoms. The molecule has 100 valence electrons. The molecular weight excluding hydrogens is 224 g/mol. The second kappa shape index (κ2) is 5.29. The Morgan fingerprint density at radius 2 is 1.83 bits per heavy atom. The Kier molecular flexibility index (Phi) is 3.93. The van der Waals surface area contributed by atoms with Crippen LogP contribution in [0.15, 0.2) is 24.3 Å². The van der Waals surface area contributed by atoms with E-state index in [4.69, 9.17) is 5.73 Å². The second-order valence-corrected chi connectivity index (χ2v) is 5.69. The lowest BCUT2D eigenvalue weighted by atomic mass is 9.99. The summed E-state index contributed by atoms with van der Waals surface area (Å²) in [5.74, 6) is 0. The van der Waals surface area contributed by atoms with Gasteiger partial charge in [0.2, 0.25) is 0 Å². The van der Waals surface area contributed by atoms with E-state index in [0.717, 1.165) is 37.9 Å². The van der Waals surface area contributed by atoms with E-state index in [1.807, 2.05) is 12.1 Å². The molecule has 0 heterocycles. The first kappa shape index (κ1) is 13.4. The lowest BCUT2D eigenvalue weighted by Crippen LogP contribution is -2.40. The summed E-state index contributed by atoms with van der Waals surface area (Å²) in [6, 6.07) is 8.30. The van der Waals surface area contributed by atoms with E-state index < -0.39 is 5.60 Å². The van der Waals surface area contributed by atoms with Crippen molar-refractivity contribution in [3.05, 3.63) is 29.8 Å². The molecular formula is C15H24N2O. The van der Waals surface area contributed by atoms with Crippen LogP contribution in [-0.2, 0) is 0 Å². The fraction of sp³-hybridized carbons (Fsp3) is 0.600. The van der Waals surface area contributed by atoms with Gasteiger partial charge in [-0.3, -0.25) is 4.90 Å². The van der Waals surface area contributed by atoms with Gasteiger partial charge in [-0.05, 0) is 44.5 Å². The van der Waals surface area contributed by atoms with Crippen molar-refractivity contribution in [2.75, 3.05) is 19.3 Å². The maximum absolute atomic E-state index is 10.4. The topological polar surface area (TPSA) is 49.5 Å². The average Bonchev–Trinajstić information content (AvgIpc) is 2.76. The highest BCUT2D eigenvalue weighted by Gasteiger charge is 2.33. The van der Waals surface area contributed by atoms with Crippen LogP contribution in [0.1, 0.15) is 44.2 Å². The molecule has 0 amide bonds. The first-order valence-electron chi connectivity index (χ1n) is 6.78. The summed E-state index contributed by atoms with van der Waals surface area (Å²) in [7, 11) is 2.08. The highest BCUT2D eigenvalue weighted by atomic mass is 16.3. The van der Waals surface area contributed by atoms with Crippen molar-refractivity contribution < 1.29 is 5.11 Å². The second-order valence-electron chi connectivity index (χ2n) is 5.69. The number of anilines is 1. The monoisotopic (exact) mass is 248 g/mol. The van der Waals surface area contributed by atoms with Crippen molar-refractivity contribution in [1.82, 2.24) is 4.90 Å². The summed E-state index contributed by atoms with van der Waals surface area (Å²) in [6.45, 7) is 2.92. The molecule has 1 aliphatic carbocycles. The van der Waals surface area contributed by atoms with Crippen molar-refractivity contribution in [2.45, 2.75) is 44.2 Å². The molecule has 1 aromatic rings. The van der Waals surface area contributed by atoms with Gasteiger partial charge in [-0.2, -0.15) is 0 Å². The van der Waals surface area contributed by atoms with Crippen LogP contribution >= 0.6 is 0 Å². The van der Waals surface area contributed by atoms with Crippen LogP contribution in [0.5, 0.6) is 0 Å². The minimum atomic E-state index is -0.475. The highest BCUT2D eigenvalue weighted by molar-refractivity contribution is 5.40. The third-order valence-corrected chi connectivity index (χ3v) is 4.16. The van der Waals surface area contributed by atoms with Gasteiger partial charge in [0, 0.05) is 18.3 Å². The summed E-state index contributed by atoms with van der Waals surface area (Å²) in [6.07, 6.45) is 4.18. The van der Waals surface area contributed by atoms with Gasteiger partial charge >= 0.3 is 0 Å². The molecule has 0 saturated heterocycles. The zero-order valence-electron chi connectivity index (χ0n) is 11.4. The van der Waals surface area contributed by atoms with E-state index in [1.54, 1.807) is 0 Å². The van der Waals surface area contributed by atoms with E-state index in [9.17, 15) is 5.11 Å². The number of rotatable bonds is 4. The third-order valence-electron chi connectivity index (χ3n) is 4.16. The van der Waals surface area contributed by atoms with Crippen LogP contribution in [0, 0.1) is 0 Å². The first-order chi connectivity index (χ1) is 8.50. The quantitative estimate of drug-likeness (QED) is 0.805. The molecule has 1 atom stereocenters. The van der Waals surface area contributed by atoms with Crippen molar-refractivity contribution in [3.8, 4) is 0 Å². The lowest BCUT2D eigenvalue weighted by molar-refractivity contribution is 0.00695. The third kappa shape index (κ3) is 3.03. The predicted molar refractivity (Wildman–Crippen MR) is 75.3 cm³/mol. The van der Waals surface area contributed by atoms with Crippen molar-refractivity contribution in [2.24, 2.45) is 0 Å². The van der Waals surface area contributed by atoms with E-state index in [0.29, 0.717) is 6.04 Å². The highest BCUT2D eigenvalue weighted by Crippen LogP contribution is 2.32. The standard InChI is InChI=1S/C15H24N2O/c1-12(13-5-7-14(16)8-6-13)17(2)11-15(18)9-3-4-10-15/h5-8,12,18H,3-4,9-11,16H2,1-2H3. The zero-order valence-corrected chi connectivity index (χ0v) is 11.4. The SMILES string of the molecule is CC(c1ccc(N)cc1)N(C)CC1(O)CCCC1. The first-order valence-corrected chi connectivity index (χ1v) is 6.78. The zero-order chi connectivity index (χ0) is 13.2. The number of likely N-dealkylation sites (N-methyl/N-ethyl adjacent to an activating group) is 1. The minimum absolute atomic E-state index is 0.301. The van der Waals surface area contributed by atoms with Crippen molar-refractivity contribution in [1.29, 1.82) is 0 Å². The summed E-state index contributed by atoms with van der Waals surface area (Å²) in [4.78, 5) is 2.23. The molecule has 1 saturated carbocycles. The Hall–Kier alpha value is -1.06. The van der Waals surface area contributed by atoms with Gasteiger partial charge in [0.1, 0.15) is 0 Å². The van der Waals surface area contributed by atoms with Crippen molar-refractivity contribution >= 4 is 5.69 Å². The number of nitrogen functional groups attached to an aromatic ring is 1. The van der Waals surface area contributed by atoms with Gasteiger partial charge in [0.25, 0.3) is 0 Å². The summed E-state index contributed by atoms with van der Waals surface area (Å²) in [5, 5.41) is 10.4. The molecule has 0 spiro atoms. The molecule has 3 nitrogen and oxygen atoms in total. The average molecular weight is 248 g/mol. The van der Waals surface area contributed by atoms with E-state index >= 15 is 0 Å². The minimum Gasteiger partial charge on any atom is -0.399 e. The van der Waals surface area contributed by atoms with Gasteiger partial charge < -0.3 is 10.8 Å². The summed E-state index contributed by atoms with van der Waals surface area (Å²) < 4.78 is 0. The van der Waals surface area contributed by atoms with E-state index in [2.05, 4.69) is 31.0 Å². The predicted octanol–water partition coefficient (Wildman–Crippen LogP) is 2.57. The van der Waals surface area contributed by atoms with Gasteiger partial charge in [-0.1, -0.05) is 25.0 Å². The van der Waals surface area contributed by atoms with Gasteiger partial charge in [0.05, 0.1) is 5.60 Å². The number of nitrogens with two attached hydrogens (primary N) is 1. The van der Waals surface area contributed by atoms with E-state index in [-0.39, 0.29) is 0 Å². The molecule has 2 rings (SSSR count). The maximum Gasteiger partial charge on any atom is 0.0774 e. The number of nitrogens with zero attached hydrogens (tertiary/aromatic N) is 1. The molecule has 1 fully saturated rings. The normalized spacial score (nSPS) is 20.2. The molecule has 3 N–H and O–H groups in total. The molecule has 1 aliphatic rings. The molecule has 0 aliphatic heterocycles. The van der Waals surface area contributed by atoms with Crippen LogP contribution in [0.4, 0.5) is 5.69 Å². The van der Waals surface area contributed by atoms with Crippen LogP contribution in [-0.4, -0.2) is 29.2 Å². The molecule has 18 heavy (non-hydrogen) atoms. The Morgan fingerprint density at radius 3 is 2.39 bits per heavy atom. The Morgan fingerprint density at radius 1 is 1.28 bits per heavy atom. The molecule has 0 radical (unpaired) electrons. The van der Waals surface area contributed by atoms with Crippen molar-refractivity contribution in [3.63, 3.8) is 0 Å². The van der Waals surface area contributed by atoms with Crippen LogP contribution in [0.3, 0.4) is 0 Å². The van der Waals surface area contributed by atoms with Gasteiger partial charge in [0.15, 0.2) is 0 Å². The van der Waals surface area contributed by atoms with Gasteiger partial charge in [-0.15, -0.1) is 0 Å². The number of aliphatic hydroxyl groups is 1. The molecule has 1 unspecified atom stereocenters. The molecule has 1 aromatic carbocycles. The maximum atomic E-state index is 10.4. The largest absolute Gasteiger partial charge is 0.399 e. The Labute approximate surface area is 110 Å². The fourth-order valence-electron chi connectivity index (χ4n) is 2.82. The smallest absolute Gasteiger partial charge is 0.0774 e. The summed E-state index contributed by atoms with van der Waals surface area (Å²) >= 11 is 0. The number of hydrogen-bond acceptors (Lipinski definition) is 3. The Balaban J connectivity index is 1.99.